The molecule has 0 spiro atoms. The summed E-state index contributed by atoms with van der Waals surface area (Å²) in [4.78, 5) is 10.5. The molecule has 0 aromatic heterocycles. The summed E-state index contributed by atoms with van der Waals surface area (Å²) in [7, 11) is -1.24. The lowest BCUT2D eigenvalue weighted by Crippen LogP contribution is -2.21. The average Bonchev–Trinajstić information content (AvgIpc) is 2.28. The van der Waals surface area contributed by atoms with Gasteiger partial charge in [-0.1, -0.05) is 0 Å². The SMILES string of the molecule is CNS(=O)(=O)c1cc(OC)ccc1C(=O)O. The molecule has 0 radical (unpaired) electrons. The number of sulfonamides is 1. The van der Waals surface area contributed by atoms with Crippen molar-refractivity contribution in [3.63, 3.8) is 0 Å². The highest BCUT2D eigenvalue weighted by Crippen LogP contribution is 2.21. The van der Waals surface area contributed by atoms with Crippen molar-refractivity contribution in [2.75, 3.05) is 14.2 Å². The van der Waals surface area contributed by atoms with E-state index in [2.05, 4.69) is 4.72 Å². The highest BCUT2D eigenvalue weighted by Gasteiger charge is 2.21. The quantitative estimate of drug-likeness (QED) is 0.796. The maximum absolute atomic E-state index is 11.6. The number of carboxylic acid groups (broad SMARTS) is 1. The van der Waals surface area contributed by atoms with E-state index in [0.29, 0.717) is 0 Å². The molecule has 88 valence electrons. The summed E-state index contributed by atoms with van der Waals surface area (Å²) in [5.74, 6) is -1.03. The fourth-order valence-electron chi connectivity index (χ4n) is 1.14. The number of methoxy groups -OCH3 is 1. The van der Waals surface area contributed by atoms with Crippen molar-refractivity contribution in [2.24, 2.45) is 0 Å². The fraction of sp³-hybridized carbons (Fsp3) is 0.222. The number of nitrogens with one attached hydrogen (secondary N) is 1. The van der Waals surface area contributed by atoms with E-state index in [1.807, 2.05) is 0 Å². The molecule has 0 aliphatic carbocycles. The van der Waals surface area contributed by atoms with Gasteiger partial charge in [0.05, 0.1) is 12.7 Å². The molecule has 0 heterocycles. The second kappa shape index (κ2) is 4.50. The first-order chi connectivity index (χ1) is 7.42. The molecule has 7 heteroatoms. The molecule has 0 unspecified atom stereocenters. The van der Waals surface area contributed by atoms with Crippen LogP contribution < -0.4 is 9.46 Å². The lowest BCUT2D eigenvalue weighted by molar-refractivity contribution is 0.0692. The number of rotatable bonds is 4. The molecule has 16 heavy (non-hydrogen) atoms. The molecule has 0 fully saturated rings. The predicted molar refractivity (Wildman–Crippen MR) is 56.2 cm³/mol. The highest BCUT2D eigenvalue weighted by atomic mass is 32.2. The lowest BCUT2D eigenvalue weighted by Gasteiger charge is -2.08. The van der Waals surface area contributed by atoms with Crippen LogP contribution in [-0.2, 0) is 10.0 Å². The van der Waals surface area contributed by atoms with Gasteiger partial charge in [-0.15, -0.1) is 0 Å². The largest absolute Gasteiger partial charge is 0.497 e. The second-order valence-electron chi connectivity index (χ2n) is 2.87. The molecule has 0 amide bonds. The van der Waals surface area contributed by atoms with Crippen LogP contribution >= 0.6 is 0 Å². The number of carbonyl (C=O) groups is 1. The maximum Gasteiger partial charge on any atom is 0.337 e. The number of benzene rings is 1. The van der Waals surface area contributed by atoms with Gasteiger partial charge in [0.1, 0.15) is 10.6 Å². The van der Waals surface area contributed by atoms with E-state index in [-0.39, 0.29) is 16.2 Å². The Balaban J connectivity index is 3.49. The van der Waals surface area contributed by atoms with Crippen molar-refractivity contribution in [1.82, 2.24) is 4.72 Å². The van der Waals surface area contributed by atoms with Crippen LogP contribution in [0.4, 0.5) is 0 Å². The molecular formula is C9H11NO5S. The number of ether oxygens (including phenoxy) is 1. The summed E-state index contributed by atoms with van der Waals surface area (Å²) in [6, 6.07) is 3.73. The van der Waals surface area contributed by atoms with Crippen LogP contribution in [0.25, 0.3) is 0 Å². The molecule has 2 N–H and O–H groups in total. The summed E-state index contributed by atoms with van der Waals surface area (Å²) in [5.41, 5.74) is -0.296. The first-order valence-electron chi connectivity index (χ1n) is 4.27. The lowest BCUT2D eigenvalue weighted by atomic mass is 10.2. The Labute approximate surface area is 92.9 Å². The van der Waals surface area contributed by atoms with Gasteiger partial charge >= 0.3 is 5.97 Å². The summed E-state index contributed by atoms with van der Waals surface area (Å²) in [6.45, 7) is 0. The van der Waals surface area contributed by atoms with Gasteiger partial charge in [0.2, 0.25) is 10.0 Å². The minimum absolute atomic E-state index is 0.277. The summed E-state index contributed by atoms with van der Waals surface area (Å²) in [6.07, 6.45) is 0. The minimum atomic E-state index is -3.82. The van der Waals surface area contributed by atoms with Crippen LogP contribution in [0.2, 0.25) is 0 Å². The molecule has 1 rings (SSSR count). The second-order valence-corrected chi connectivity index (χ2v) is 4.73. The van der Waals surface area contributed by atoms with Crippen molar-refractivity contribution in [2.45, 2.75) is 4.90 Å². The number of aromatic carboxylic acids is 1. The van der Waals surface area contributed by atoms with Crippen LogP contribution in [0.3, 0.4) is 0 Å². The van der Waals surface area contributed by atoms with E-state index in [1.165, 1.54) is 26.3 Å². The van der Waals surface area contributed by atoms with Gasteiger partial charge in [-0.25, -0.2) is 17.9 Å². The van der Waals surface area contributed by atoms with Gasteiger partial charge in [0.25, 0.3) is 0 Å². The van der Waals surface area contributed by atoms with Crippen LogP contribution in [0.5, 0.6) is 5.75 Å². The van der Waals surface area contributed by atoms with E-state index in [4.69, 9.17) is 9.84 Å². The normalized spacial score (nSPS) is 11.1. The number of hydrogen-bond acceptors (Lipinski definition) is 4. The van der Waals surface area contributed by atoms with Crippen LogP contribution in [0.1, 0.15) is 10.4 Å². The van der Waals surface area contributed by atoms with Crippen molar-refractivity contribution in [3.8, 4) is 5.75 Å². The van der Waals surface area contributed by atoms with Crippen LogP contribution in [0.15, 0.2) is 23.1 Å². The molecule has 0 aliphatic heterocycles. The van der Waals surface area contributed by atoms with Crippen LogP contribution in [-0.4, -0.2) is 33.7 Å². The topological polar surface area (TPSA) is 92.7 Å². The van der Waals surface area contributed by atoms with E-state index in [1.54, 1.807) is 0 Å². The Morgan fingerprint density at radius 1 is 1.44 bits per heavy atom. The summed E-state index contributed by atoms with van der Waals surface area (Å²) < 4.78 is 30.0. The number of carboxylic acids is 1. The third-order valence-electron chi connectivity index (χ3n) is 1.98. The molecule has 0 bridgehead atoms. The van der Waals surface area contributed by atoms with Gasteiger partial charge in [-0.3, -0.25) is 0 Å². The monoisotopic (exact) mass is 245 g/mol. The summed E-state index contributed by atoms with van der Waals surface area (Å²) >= 11 is 0. The molecule has 0 aliphatic rings. The average molecular weight is 245 g/mol. The minimum Gasteiger partial charge on any atom is -0.497 e. The first kappa shape index (κ1) is 12.5. The molecule has 1 aromatic rings. The van der Waals surface area contributed by atoms with E-state index in [0.717, 1.165) is 6.07 Å². The Kier molecular flexibility index (Phi) is 3.51. The van der Waals surface area contributed by atoms with Gasteiger partial charge in [0, 0.05) is 6.07 Å². The molecule has 0 saturated carbocycles. The van der Waals surface area contributed by atoms with E-state index in [9.17, 15) is 13.2 Å². The third-order valence-corrected chi connectivity index (χ3v) is 3.43. The van der Waals surface area contributed by atoms with Gasteiger partial charge in [-0.2, -0.15) is 0 Å². The van der Waals surface area contributed by atoms with E-state index >= 15 is 0 Å². The Bertz CT molecular complexity index is 509. The summed E-state index contributed by atoms with van der Waals surface area (Å²) in [5, 5.41) is 8.86. The molecule has 0 atom stereocenters. The smallest absolute Gasteiger partial charge is 0.337 e. The van der Waals surface area contributed by atoms with Crippen molar-refractivity contribution < 1.29 is 23.1 Å². The standard InChI is InChI=1S/C9H11NO5S/c1-10-16(13,14)8-5-6(15-2)3-4-7(8)9(11)12/h3-5,10H,1-2H3,(H,11,12). The zero-order valence-electron chi connectivity index (χ0n) is 8.72. The van der Waals surface area contributed by atoms with E-state index < -0.39 is 16.0 Å². The molecule has 0 saturated heterocycles. The van der Waals surface area contributed by atoms with Gasteiger partial charge in [-0.05, 0) is 19.2 Å². The molecule has 6 nitrogen and oxygen atoms in total. The first-order valence-corrected chi connectivity index (χ1v) is 5.75. The van der Waals surface area contributed by atoms with Gasteiger partial charge < -0.3 is 9.84 Å². The molecule has 1 aromatic carbocycles. The zero-order valence-corrected chi connectivity index (χ0v) is 9.54. The third kappa shape index (κ3) is 2.31. The van der Waals surface area contributed by atoms with Crippen molar-refractivity contribution >= 4 is 16.0 Å². The predicted octanol–water partition coefficient (Wildman–Crippen LogP) is 0.302. The number of hydrogen-bond donors (Lipinski definition) is 2. The van der Waals surface area contributed by atoms with Crippen molar-refractivity contribution in [1.29, 1.82) is 0 Å². The fourth-order valence-corrected chi connectivity index (χ4v) is 2.07. The zero-order chi connectivity index (χ0) is 12.3. The Morgan fingerprint density at radius 3 is 2.50 bits per heavy atom. The highest BCUT2D eigenvalue weighted by molar-refractivity contribution is 7.89. The van der Waals surface area contributed by atoms with Crippen LogP contribution in [0, 0.1) is 0 Å². The van der Waals surface area contributed by atoms with Gasteiger partial charge in [0.15, 0.2) is 0 Å². The maximum atomic E-state index is 11.6. The molecular weight excluding hydrogens is 234 g/mol. The Hall–Kier alpha value is -1.60. The van der Waals surface area contributed by atoms with Crippen molar-refractivity contribution in [3.05, 3.63) is 23.8 Å². The Morgan fingerprint density at radius 2 is 2.06 bits per heavy atom.